The van der Waals surface area contributed by atoms with Crippen molar-refractivity contribution in [1.82, 2.24) is 5.32 Å². The van der Waals surface area contributed by atoms with Gasteiger partial charge in [-0.2, -0.15) is 0 Å². The monoisotopic (exact) mass is 273 g/mol. The van der Waals surface area contributed by atoms with Crippen LogP contribution in [0.15, 0.2) is 24.3 Å². The van der Waals surface area contributed by atoms with E-state index in [1.165, 1.54) is 31.2 Å². The lowest BCUT2D eigenvalue weighted by atomic mass is 9.81. The highest BCUT2D eigenvalue weighted by molar-refractivity contribution is 5.29. The zero-order valence-corrected chi connectivity index (χ0v) is 12.8. The molecule has 2 heteroatoms. The number of hydrogen-bond acceptors (Lipinski definition) is 2. The highest BCUT2D eigenvalue weighted by Gasteiger charge is 2.42. The van der Waals surface area contributed by atoms with Gasteiger partial charge in [0.05, 0.1) is 7.11 Å². The molecule has 4 unspecified atom stereocenters. The summed E-state index contributed by atoms with van der Waals surface area (Å²) in [6.07, 6.45) is 7.03. The zero-order chi connectivity index (χ0) is 13.9. The van der Waals surface area contributed by atoms with Crippen molar-refractivity contribution in [2.24, 2.45) is 17.8 Å². The van der Waals surface area contributed by atoms with Gasteiger partial charge in [0, 0.05) is 6.04 Å². The predicted octanol–water partition coefficient (Wildman–Crippen LogP) is 3.65. The first kappa shape index (κ1) is 13.9. The molecule has 1 N–H and O–H groups in total. The fraction of sp³-hybridized carbons (Fsp3) is 0.667. The second kappa shape index (κ2) is 6.17. The largest absolute Gasteiger partial charge is 0.497 e. The van der Waals surface area contributed by atoms with Gasteiger partial charge in [0.2, 0.25) is 0 Å². The summed E-state index contributed by atoms with van der Waals surface area (Å²) in [7, 11) is 1.75. The maximum Gasteiger partial charge on any atom is 0.119 e. The van der Waals surface area contributed by atoms with Crippen molar-refractivity contribution in [2.45, 2.75) is 45.1 Å². The smallest absolute Gasteiger partial charge is 0.119 e. The van der Waals surface area contributed by atoms with E-state index in [1.54, 1.807) is 7.11 Å². The van der Waals surface area contributed by atoms with Gasteiger partial charge in [-0.1, -0.05) is 25.5 Å². The number of hydrogen-bond donors (Lipinski definition) is 1. The Morgan fingerprint density at radius 2 is 2.20 bits per heavy atom. The van der Waals surface area contributed by atoms with Crippen molar-refractivity contribution in [2.75, 3.05) is 13.7 Å². The lowest BCUT2D eigenvalue weighted by Gasteiger charge is -2.31. The van der Waals surface area contributed by atoms with Crippen molar-refractivity contribution in [1.29, 1.82) is 0 Å². The molecule has 0 aromatic heterocycles. The van der Waals surface area contributed by atoms with Crippen molar-refractivity contribution < 1.29 is 4.74 Å². The first-order valence-corrected chi connectivity index (χ1v) is 8.16. The molecule has 20 heavy (non-hydrogen) atoms. The third-order valence-corrected chi connectivity index (χ3v) is 5.37. The molecule has 2 aliphatic rings. The zero-order valence-electron chi connectivity index (χ0n) is 12.8. The molecule has 2 fully saturated rings. The highest BCUT2D eigenvalue weighted by atomic mass is 16.5. The fourth-order valence-electron chi connectivity index (χ4n) is 4.48. The number of rotatable bonds is 6. The Hall–Kier alpha value is -1.02. The molecule has 0 spiro atoms. The molecule has 2 aliphatic carbocycles. The van der Waals surface area contributed by atoms with Gasteiger partial charge < -0.3 is 10.1 Å². The third-order valence-electron chi connectivity index (χ3n) is 5.37. The molecule has 3 rings (SSSR count). The number of methoxy groups -OCH3 is 1. The Labute approximate surface area is 122 Å². The average Bonchev–Trinajstić information content (AvgIpc) is 3.10. The van der Waals surface area contributed by atoms with E-state index in [-0.39, 0.29) is 0 Å². The first-order valence-electron chi connectivity index (χ1n) is 8.16. The van der Waals surface area contributed by atoms with E-state index in [0.717, 1.165) is 36.5 Å². The van der Waals surface area contributed by atoms with Crippen LogP contribution in [-0.2, 0) is 6.42 Å². The normalized spacial score (nSPS) is 29.6. The van der Waals surface area contributed by atoms with Crippen LogP contribution in [-0.4, -0.2) is 19.7 Å². The Kier molecular flexibility index (Phi) is 4.30. The van der Waals surface area contributed by atoms with Crippen LogP contribution in [0.2, 0.25) is 0 Å². The molecule has 1 aromatic carbocycles. The van der Waals surface area contributed by atoms with Gasteiger partial charge in [0.25, 0.3) is 0 Å². The Morgan fingerprint density at radius 1 is 1.30 bits per heavy atom. The van der Waals surface area contributed by atoms with Crippen LogP contribution in [0, 0.1) is 17.8 Å². The standard InChI is InChI=1S/C18H27NO/c1-3-19-18(17-11-14-7-8-15(17)9-14)12-13-5-4-6-16(10-13)20-2/h4-6,10,14-15,17-19H,3,7-9,11-12H2,1-2H3. The van der Waals surface area contributed by atoms with E-state index in [0.29, 0.717) is 6.04 Å². The molecule has 0 heterocycles. The van der Waals surface area contributed by atoms with Crippen LogP contribution in [0.25, 0.3) is 0 Å². The average molecular weight is 273 g/mol. The van der Waals surface area contributed by atoms with Crippen molar-refractivity contribution in [3.05, 3.63) is 29.8 Å². The third kappa shape index (κ3) is 2.85. The Bertz CT molecular complexity index is 445. The minimum absolute atomic E-state index is 0.641. The molecule has 0 aliphatic heterocycles. The summed E-state index contributed by atoms with van der Waals surface area (Å²) >= 11 is 0. The van der Waals surface area contributed by atoms with Crippen LogP contribution >= 0.6 is 0 Å². The van der Waals surface area contributed by atoms with E-state index in [4.69, 9.17) is 4.74 Å². The second-order valence-corrected chi connectivity index (χ2v) is 6.56. The van der Waals surface area contributed by atoms with E-state index in [9.17, 15) is 0 Å². The van der Waals surface area contributed by atoms with Gasteiger partial charge in [-0.05, 0) is 67.7 Å². The molecule has 4 atom stereocenters. The number of benzene rings is 1. The van der Waals surface area contributed by atoms with Crippen LogP contribution in [0.4, 0.5) is 0 Å². The van der Waals surface area contributed by atoms with Crippen LogP contribution in [0.5, 0.6) is 5.75 Å². The Morgan fingerprint density at radius 3 is 2.85 bits per heavy atom. The van der Waals surface area contributed by atoms with E-state index < -0.39 is 0 Å². The summed E-state index contributed by atoms with van der Waals surface area (Å²) in [5, 5.41) is 3.75. The lowest BCUT2D eigenvalue weighted by Crippen LogP contribution is -2.40. The second-order valence-electron chi connectivity index (χ2n) is 6.56. The number of fused-ring (bicyclic) bond motifs is 2. The molecule has 110 valence electrons. The Balaban J connectivity index is 1.70. The number of nitrogens with one attached hydrogen (secondary N) is 1. The van der Waals surface area contributed by atoms with Crippen molar-refractivity contribution >= 4 is 0 Å². The molecule has 1 aromatic rings. The highest BCUT2D eigenvalue weighted by Crippen LogP contribution is 2.49. The van der Waals surface area contributed by atoms with Crippen LogP contribution in [0.1, 0.15) is 38.2 Å². The summed E-state index contributed by atoms with van der Waals surface area (Å²) < 4.78 is 5.35. The van der Waals surface area contributed by atoms with Gasteiger partial charge in [-0.3, -0.25) is 0 Å². The molecule has 0 saturated heterocycles. The minimum Gasteiger partial charge on any atom is -0.497 e. The summed E-state index contributed by atoms with van der Waals surface area (Å²) in [6.45, 7) is 3.30. The molecule has 2 nitrogen and oxygen atoms in total. The lowest BCUT2D eigenvalue weighted by molar-refractivity contribution is 0.249. The van der Waals surface area contributed by atoms with Crippen molar-refractivity contribution in [3.8, 4) is 5.75 Å². The summed E-state index contributed by atoms with van der Waals surface area (Å²) in [5.74, 6) is 3.87. The fourth-order valence-corrected chi connectivity index (χ4v) is 4.48. The quantitative estimate of drug-likeness (QED) is 0.854. The van der Waals surface area contributed by atoms with E-state index in [1.807, 2.05) is 6.07 Å². The predicted molar refractivity (Wildman–Crippen MR) is 83.1 cm³/mol. The van der Waals surface area contributed by atoms with Gasteiger partial charge in [-0.25, -0.2) is 0 Å². The van der Waals surface area contributed by atoms with Gasteiger partial charge >= 0.3 is 0 Å². The van der Waals surface area contributed by atoms with Gasteiger partial charge in [0.15, 0.2) is 0 Å². The topological polar surface area (TPSA) is 21.3 Å². The maximum atomic E-state index is 5.35. The van der Waals surface area contributed by atoms with E-state index >= 15 is 0 Å². The van der Waals surface area contributed by atoms with Crippen LogP contribution < -0.4 is 10.1 Å². The maximum absolute atomic E-state index is 5.35. The summed E-state index contributed by atoms with van der Waals surface area (Å²) in [4.78, 5) is 0. The molecular formula is C18H27NO. The first-order chi connectivity index (χ1) is 9.80. The summed E-state index contributed by atoms with van der Waals surface area (Å²) in [5.41, 5.74) is 1.40. The van der Waals surface area contributed by atoms with Gasteiger partial charge in [0.1, 0.15) is 5.75 Å². The van der Waals surface area contributed by atoms with Gasteiger partial charge in [-0.15, -0.1) is 0 Å². The molecule has 0 amide bonds. The number of likely N-dealkylation sites (N-methyl/N-ethyl adjacent to an activating group) is 1. The van der Waals surface area contributed by atoms with E-state index in [2.05, 4.69) is 30.4 Å². The van der Waals surface area contributed by atoms with Crippen molar-refractivity contribution in [3.63, 3.8) is 0 Å². The molecular weight excluding hydrogens is 246 g/mol. The molecule has 0 radical (unpaired) electrons. The minimum atomic E-state index is 0.641. The number of ether oxygens (including phenoxy) is 1. The molecule has 2 bridgehead atoms. The SMILES string of the molecule is CCNC(Cc1cccc(OC)c1)C1CC2CCC1C2. The summed E-state index contributed by atoms with van der Waals surface area (Å²) in [6, 6.07) is 9.21. The van der Waals surface area contributed by atoms with Crippen LogP contribution in [0.3, 0.4) is 0 Å². The molecule has 2 saturated carbocycles.